The van der Waals surface area contributed by atoms with Crippen LogP contribution in [0.3, 0.4) is 0 Å². The molecule has 7 heteroatoms. The molecule has 0 bridgehead atoms. The molecule has 2 N–H and O–H groups in total. The molecule has 0 spiro atoms. The van der Waals surface area contributed by atoms with Crippen LogP contribution in [0.5, 0.6) is 0 Å². The number of carboxylic acids is 1. The van der Waals surface area contributed by atoms with Gasteiger partial charge in [0.05, 0.1) is 12.0 Å². The number of fused-ring (bicyclic) bond motifs is 1. The monoisotopic (exact) mass is 320 g/mol. The lowest BCUT2D eigenvalue weighted by Gasteiger charge is -2.34. The number of carboxylic acid groups (broad SMARTS) is 1. The number of hydrogen-bond acceptors (Lipinski definition) is 6. The maximum Gasteiger partial charge on any atom is 0.311 e. The first-order valence-electron chi connectivity index (χ1n) is 8.22. The van der Waals surface area contributed by atoms with Crippen LogP contribution in [0, 0.1) is 11.3 Å². The Balaban J connectivity index is 1.64. The second kappa shape index (κ2) is 6.80. The molecule has 0 unspecified atom stereocenters. The molecule has 0 aromatic carbocycles. The van der Waals surface area contributed by atoms with Gasteiger partial charge in [-0.3, -0.25) is 9.69 Å². The smallest absolute Gasteiger partial charge is 0.311 e. The van der Waals surface area contributed by atoms with Crippen molar-refractivity contribution >= 4 is 11.9 Å². The molecule has 1 aromatic heterocycles. The number of rotatable bonds is 6. The van der Waals surface area contributed by atoms with Crippen molar-refractivity contribution in [3.8, 4) is 0 Å². The third kappa shape index (κ3) is 3.30. The van der Waals surface area contributed by atoms with Gasteiger partial charge in [0.15, 0.2) is 0 Å². The van der Waals surface area contributed by atoms with Crippen LogP contribution in [-0.4, -0.2) is 58.8 Å². The molecule has 23 heavy (non-hydrogen) atoms. The maximum atomic E-state index is 11.8. The van der Waals surface area contributed by atoms with Gasteiger partial charge >= 0.3 is 5.97 Å². The van der Waals surface area contributed by atoms with Gasteiger partial charge in [-0.25, -0.2) is 9.97 Å². The van der Waals surface area contributed by atoms with Crippen molar-refractivity contribution in [1.29, 1.82) is 0 Å². The molecule has 3 rings (SSSR count). The molecule has 3 heterocycles. The predicted octanol–water partition coefficient (Wildman–Crippen LogP) is 1.22. The van der Waals surface area contributed by atoms with Gasteiger partial charge in [-0.1, -0.05) is 6.92 Å². The van der Waals surface area contributed by atoms with Gasteiger partial charge in [0, 0.05) is 56.7 Å². The molecule has 0 radical (unpaired) electrons. The van der Waals surface area contributed by atoms with Crippen LogP contribution in [0.4, 0.5) is 5.95 Å². The van der Waals surface area contributed by atoms with Gasteiger partial charge in [-0.05, 0) is 12.8 Å². The first-order valence-corrected chi connectivity index (χ1v) is 8.22. The van der Waals surface area contributed by atoms with Crippen LogP contribution in [-0.2, 0) is 16.1 Å². The fraction of sp³-hybridized carbons (Fsp3) is 0.688. The van der Waals surface area contributed by atoms with E-state index in [2.05, 4.69) is 27.1 Å². The van der Waals surface area contributed by atoms with Gasteiger partial charge in [0.1, 0.15) is 0 Å². The van der Waals surface area contributed by atoms with Crippen molar-refractivity contribution in [1.82, 2.24) is 14.9 Å². The van der Waals surface area contributed by atoms with Crippen LogP contribution < -0.4 is 5.32 Å². The fourth-order valence-corrected chi connectivity index (χ4v) is 3.55. The third-order valence-corrected chi connectivity index (χ3v) is 4.85. The van der Waals surface area contributed by atoms with Gasteiger partial charge in [0.2, 0.25) is 5.95 Å². The zero-order chi connectivity index (χ0) is 16.3. The lowest BCUT2D eigenvalue weighted by atomic mass is 9.74. The largest absolute Gasteiger partial charge is 0.481 e. The van der Waals surface area contributed by atoms with Gasteiger partial charge in [-0.2, -0.15) is 0 Å². The second-order valence-corrected chi connectivity index (χ2v) is 6.49. The second-order valence-electron chi connectivity index (χ2n) is 6.49. The zero-order valence-electron chi connectivity index (χ0n) is 13.5. The number of aliphatic carboxylic acids is 1. The van der Waals surface area contributed by atoms with Crippen molar-refractivity contribution in [3.63, 3.8) is 0 Å². The minimum Gasteiger partial charge on any atom is -0.481 e. The molecule has 1 aromatic rings. The quantitative estimate of drug-likeness (QED) is 0.815. The number of aromatic nitrogens is 2. The molecule has 0 saturated carbocycles. The molecule has 0 aliphatic carbocycles. The molecule has 2 fully saturated rings. The minimum absolute atomic E-state index is 0.0696. The number of nitrogens with one attached hydrogen (secondary N) is 1. The average Bonchev–Trinajstić information content (AvgIpc) is 2.93. The number of ether oxygens (including phenoxy) is 1. The van der Waals surface area contributed by atoms with Crippen LogP contribution >= 0.6 is 0 Å². The molecular weight excluding hydrogens is 296 g/mol. The number of likely N-dealkylation sites (tertiary alicyclic amines) is 1. The topological polar surface area (TPSA) is 87.6 Å². The van der Waals surface area contributed by atoms with E-state index in [9.17, 15) is 9.90 Å². The van der Waals surface area contributed by atoms with Gasteiger partial charge in [-0.15, -0.1) is 0 Å². The van der Waals surface area contributed by atoms with E-state index in [4.69, 9.17) is 4.74 Å². The van der Waals surface area contributed by atoms with Gasteiger partial charge in [0.25, 0.3) is 0 Å². The Morgan fingerprint density at radius 3 is 2.96 bits per heavy atom. The van der Waals surface area contributed by atoms with E-state index in [1.807, 2.05) is 12.4 Å². The Labute approximate surface area is 136 Å². The summed E-state index contributed by atoms with van der Waals surface area (Å²) in [5.74, 6) is 0.0184. The molecular formula is C16H24N4O3. The lowest BCUT2D eigenvalue weighted by Crippen LogP contribution is -2.44. The van der Waals surface area contributed by atoms with Crippen molar-refractivity contribution < 1.29 is 14.6 Å². The van der Waals surface area contributed by atoms with Crippen molar-refractivity contribution in [2.75, 3.05) is 38.2 Å². The molecule has 126 valence electrons. The van der Waals surface area contributed by atoms with E-state index < -0.39 is 11.4 Å². The molecule has 2 aliphatic heterocycles. The highest BCUT2D eigenvalue weighted by molar-refractivity contribution is 5.76. The molecule has 0 amide bonds. The Morgan fingerprint density at radius 2 is 2.30 bits per heavy atom. The van der Waals surface area contributed by atoms with Crippen LogP contribution in [0.25, 0.3) is 0 Å². The third-order valence-electron chi connectivity index (χ3n) is 4.85. The zero-order valence-corrected chi connectivity index (χ0v) is 13.5. The highest BCUT2D eigenvalue weighted by atomic mass is 16.5. The van der Waals surface area contributed by atoms with E-state index in [0.29, 0.717) is 38.7 Å². The number of hydrogen-bond donors (Lipinski definition) is 2. The first kappa shape index (κ1) is 16.1. The summed E-state index contributed by atoms with van der Waals surface area (Å²) in [6, 6.07) is 0. The van der Waals surface area contributed by atoms with E-state index in [1.54, 1.807) is 0 Å². The van der Waals surface area contributed by atoms with E-state index in [-0.39, 0.29) is 5.92 Å². The number of anilines is 1. The number of carbonyl (C=O) groups is 1. The van der Waals surface area contributed by atoms with E-state index >= 15 is 0 Å². The predicted molar refractivity (Wildman–Crippen MR) is 85.1 cm³/mol. The Kier molecular flexibility index (Phi) is 4.77. The molecule has 2 saturated heterocycles. The summed E-state index contributed by atoms with van der Waals surface area (Å²) >= 11 is 0. The molecule has 7 nitrogen and oxygen atoms in total. The molecule has 2 aliphatic rings. The fourth-order valence-electron chi connectivity index (χ4n) is 3.55. The normalized spacial score (nSPS) is 27.6. The van der Waals surface area contributed by atoms with Crippen LogP contribution in [0.1, 0.15) is 25.3 Å². The summed E-state index contributed by atoms with van der Waals surface area (Å²) in [6.07, 6.45) is 5.26. The Morgan fingerprint density at radius 1 is 1.52 bits per heavy atom. The van der Waals surface area contributed by atoms with Crippen LogP contribution in [0.15, 0.2) is 12.4 Å². The van der Waals surface area contributed by atoms with Crippen LogP contribution in [0.2, 0.25) is 0 Å². The number of nitrogens with zero attached hydrogens (tertiary/aromatic N) is 3. The summed E-state index contributed by atoms with van der Waals surface area (Å²) in [4.78, 5) is 22.6. The highest BCUT2D eigenvalue weighted by Gasteiger charge is 2.53. The highest BCUT2D eigenvalue weighted by Crippen LogP contribution is 2.42. The van der Waals surface area contributed by atoms with Crippen molar-refractivity contribution in [2.24, 2.45) is 11.3 Å². The standard InChI is InChI=1S/C16H24N4O3/c1-2-4-17-15-18-6-12(7-19-15)8-20-9-13-10-23-5-3-16(13,11-20)14(21)22/h6-7,13H,2-5,8-11H2,1H3,(H,21,22)(H,17,18,19)/t13-,16+/m1/s1. The molecule has 2 atom stereocenters. The summed E-state index contributed by atoms with van der Waals surface area (Å²) < 4.78 is 5.49. The van der Waals surface area contributed by atoms with Crippen molar-refractivity contribution in [3.05, 3.63) is 18.0 Å². The van der Waals surface area contributed by atoms with Gasteiger partial charge < -0.3 is 15.2 Å². The summed E-state index contributed by atoms with van der Waals surface area (Å²) in [6.45, 7) is 6.04. The Bertz CT molecular complexity index is 551. The van der Waals surface area contributed by atoms with Crippen molar-refractivity contribution in [2.45, 2.75) is 26.3 Å². The summed E-state index contributed by atoms with van der Waals surface area (Å²) in [5.41, 5.74) is 0.356. The summed E-state index contributed by atoms with van der Waals surface area (Å²) in [7, 11) is 0. The Hall–Kier alpha value is -1.73. The average molecular weight is 320 g/mol. The lowest BCUT2D eigenvalue weighted by molar-refractivity contribution is -0.157. The van der Waals surface area contributed by atoms with E-state index in [0.717, 1.165) is 25.1 Å². The maximum absolute atomic E-state index is 11.8. The SMILES string of the molecule is CCCNc1ncc(CN2C[C@@H]3COCC[C@]3(C(=O)O)C2)cn1. The minimum atomic E-state index is -0.691. The van der Waals surface area contributed by atoms with E-state index in [1.165, 1.54) is 0 Å². The first-order chi connectivity index (χ1) is 11.1. The summed E-state index contributed by atoms with van der Waals surface area (Å²) in [5, 5.41) is 12.8.